The first-order valence-corrected chi connectivity index (χ1v) is 14.8. The molecule has 0 amide bonds. The van der Waals surface area contributed by atoms with E-state index in [0.29, 0.717) is 11.1 Å². The monoisotopic (exact) mass is 630 g/mol. The number of benzene rings is 4. The van der Waals surface area contributed by atoms with Crippen LogP contribution in [0, 0.1) is 0 Å². The average Bonchev–Trinajstić information content (AvgIpc) is 3.08. The van der Waals surface area contributed by atoms with Gasteiger partial charge in [-0.3, -0.25) is 0 Å². The molecule has 0 aromatic heterocycles. The fraction of sp³-hybridized carbons (Fsp3) is 0.278. The average molecular weight is 631 g/mol. The molecule has 0 aliphatic rings. The number of ether oxygens (including phenoxy) is 4. The number of carboxylic acid groups (broad SMARTS) is 2. The number of aromatic carboxylic acids is 2. The molecule has 0 aliphatic carbocycles. The Kier molecular flexibility index (Phi) is 13.4. The molecule has 4 aromatic carbocycles. The van der Waals surface area contributed by atoms with E-state index in [1.165, 1.54) is 24.3 Å². The van der Waals surface area contributed by atoms with E-state index in [1.54, 1.807) is 24.3 Å². The molecule has 0 heterocycles. The zero-order valence-corrected chi connectivity index (χ0v) is 25.2. The van der Waals surface area contributed by atoms with Crippen LogP contribution in [0.4, 0.5) is 0 Å². The van der Waals surface area contributed by atoms with Crippen LogP contribution in [0.3, 0.4) is 0 Å². The van der Waals surface area contributed by atoms with Crippen molar-refractivity contribution in [2.45, 2.75) is 50.8 Å². The maximum atomic E-state index is 11.4. The predicted molar refractivity (Wildman–Crippen MR) is 168 cm³/mol. The minimum Gasteiger partial charge on any atom is -0.478 e. The summed E-state index contributed by atoms with van der Waals surface area (Å²) in [4.78, 5) is 22.5. The third-order valence-electron chi connectivity index (χ3n) is 7.23. The fourth-order valence-corrected chi connectivity index (χ4v) is 4.56. The SMILES string of the molecule is O=C(O)c1ccc(CO[C@H](COCc2ccccc2)[C@@H](O)[C@H](O)[C@@H](COCc2ccccc2)OCc2ccc(C(=O)O)cc2)cc1. The van der Waals surface area contributed by atoms with Gasteiger partial charge in [-0.15, -0.1) is 0 Å². The lowest BCUT2D eigenvalue weighted by atomic mass is 10.0. The lowest BCUT2D eigenvalue weighted by Crippen LogP contribution is -2.49. The highest BCUT2D eigenvalue weighted by atomic mass is 16.6. The number of aliphatic hydroxyl groups excluding tert-OH is 2. The molecule has 4 atom stereocenters. The summed E-state index contributed by atoms with van der Waals surface area (Å²) in [5, 5.41) is 41.2. The van der Waals surface area contributed by atoms with Crippen molar-refractivity contribution in [3.05, 3.63) is 143 Å². The van der Waals surface area contributed by atoms with Crippen molar-refractivity contribution in [1.29, 1.82) is 0 Å². The van der Waals surface area contributed by atoms with E-state index < -0.39 is 36.4 Å². The summed E-state index contributed by atoms with van der Waals surface area (Å²) < 4.78 is 23.8. The van der Waals surface area contributed by atoms with Crippen molar-refractivity contribution in [2.75, 3.05) is 13.2 Å². The molecule has 0 bridgehead atoms. The Morgan fingerprint density at radius 1 is 0.478 bits per heavy atom. The number of hydrogen-bond donors (Lipinski definition) is 4. The van der Waals surface area contributed by atoms with E-state index in [1.807, 2.05) is 60.7 Å². The highest BCUT2D eigenvalue weighted by Crippen LogP contribution is 2.18. The second-order valence-electron chi connectivity index (χ2n) is 10.7. The van der Waals surface area contributed by atoms with Crippen LogP contribution in [-0.2, 0) is 45.4 Å². The molecule has 0 saturated heterocycles. The maximum Gasteiger partial charge on any atom is 0.335 e. The normalized spacial score (nSPS) is 13.9. The van der Waals surface area contributed by atoms with Crippen molar-refractivity contribution < 1.29 is 49.0 Å². The van der Waals surface area contributed by atoms with Crippen molar-refractivity contribution in [1.82, 2.24) is 0 Å². The highest BCUT2D eigenvalue weighted by molar-refractivity contribution is 5.87. The van der Waals surface area contributed by atoms with Gasteiger partial charge in [-0.05, 0) is 46.5 Å². The van der Waals surface area contributed by atoms with Crippen LogP contribution in [0.2, 0.25) is 0 Å². The standard InChI is InChI=1S/C36H38O10/c37-33(31(23-43-19-25-7-3-1-4-8-25)45-21-27-11-15-29(16-12-27)35(39)40)34(38)32(24-44-20-26-9-5-2-6-10-26)46-22-28-13-17-30(18-14-28)36(41)42/h1-18,31-34,37-38H,19-24H2,(H,39,40)(H,41,42)/t31-,32-,33-,34-/m1/s1. The summed E-state index contributed by atoms with van der Waals surface area (Å²) in [7, 11) is 0. The number of aliphatic hydroxyl groups is 2. The summed E-state index contributed by atoms with van der Waals surface area (Å²) >= 11 is 0. The molecule has 0 saturated carbocycles. The van der Waals surface area contributed by atoms with Crippen LogP contribution < -0.4 is 0 Å². The van der Waals surface area contributed by atoms with E-state index in [2.05, 4.69) is 0 Å². The summed E-state index contributed by atoms with van der Waals surface area (Å²) in [5.41, 5.74) is 3.45. The Morgan fingerprint density at radius 2 is 0.804 bits per heavy atom. The number of hydrogen-bond acceptors (Lipinski definition) is 8. The molecule has 242 valence electrons. The van der Waals surface area contributed by atoms with Crippen LogP contribution >= 0.6 is 0 Å². The van der Waals surface area contributed by atoms with Crippen LogP contribution in [0.25, 0.3) is 0 Å². The Bertz CT molecular complexity index is 1360. The van der Waals surface area contributed by atoms with Crippen LogP contribution in [0.1, 0.15) is 43.0 Å². The predicted octanol–water partition coefficient (Wildman–Crippen LogP) is 4.71. The Balaban J connectivity index is 1.46. The third-order valence-corrected chi connectivity index (χ3v) is 7.23. The van der Waals surface area contributed by atoms with Gasteiger partial charge in [-0.2, -0.15) is 0 Å². The molecule has 46 heavy (non-hydrogen) atoms. The zero-order chi connectivity index (χ0) is 32.7. The lowest BCUT2D eigenvalue weighted by molar-refractivity contribution is -0.170. The molecule has 4 N–H and O–H groups in total. The van der Waals surface area contributed by atoms with Crippen LogP contribution in [-0.4, -0.2) is 70.0 Å². The van der Waals surface area contributed by atoms with Gasteiger partial charge >= 0.3 is 11.9 Å². The second-order valence-corrected chi connectivity index (χ2v) is 10.7. The van der Waals surface area contributed by atoms with Crippen LogP contribution in [0.5, 0.6) is 0 Å². The molecule has 0 spiro atoms. The van der Waals surface area contributed by atoms with Crippen molar-refractivity contribution in [3.8, 4) is 0 Å². The van der Waals surface area contributed by atoms with Gasteiger partial charge in [0.2, 0.25) is 0 Å². The third kappa shape index (κ3) is 10.9. The molecular weight excluding hydrogens is 592 g/mol. The molecule has 0 radical (unpaired) electrons. The number of rotatable bonds is 19. The molecule has 4 rings (SSSR count). The Hall–Kier alpha value is -4.42. The van der Waals surface area contributed by atoms with Crippen LogP contribution in [0.15, 0.2) is 109 Å². The van der Waals surface area contributed by atoms with Gasteiger partial charge in [0.1, 0.15) is 24.4 Å². The van der Waals surface area contributed by atoms with E-state index in [-0.39, 0.29) is 50.8 Å². The summed E-state index contributed by atoms with van der Waals surface area (Å²) in [6, 6.07) is 31.3. The molecule has 10 heteroatoms. The maximum absolute atomic E-state index is 11.4. The smallest absolute Gasteiger partial charge is 0.335 e. The van der Waals surface area contributed by atoms with Crippen molar-refractivity contribution in [3.63, 3.8) is 0 Å². The summed E-state index contributed by atoms with van der Waals surface area (Å²) in [5.74, 6) is -2.09. The zero-order valence-electron chi connectivity index (χ0n) is 25.2. The minimum atomic E-state index is -1.46. The molecule has 0 unspecified atom stereocenters. The minimum absolute atomic E-state index is 0.0228. The van der Waals surface area contributed by atoms with Gasteiger partial charge in [0, 0.05) is 0 Å². The fourth-order valence-electron chi connectivity index (χ4n) is 4.56. The molecule has 4 aromatic rings. The first-order valence-electron chi connectivity index (χ1n) is 14.8. The van der Waals surface area contributed by atoms with Gasteiger partial charge < -0.3 is 39.4 Å². The van der Waals surface area contributed by atoms with Crippen molar-refractivity contribution >= 4 is 11.9 Å². The van der Waals surface area contributed by atoms with Gasteiger partial charge in [-0.1, -0.05) is 84.9 Å². The Labute approximate surface area is 267 Å². The van der Waals surface area contributed by atoms with Gasteiger partial charge in [0.25, 0.3) is 0 Å². The lowest BCUT2D eigenvalue weighted by Gasteiger charge is -2.32. The quantitative estimate of drug-likeness (QED) is 0.115. The largest absolute Gasteiger partial charge is 0.478 e. The van der Waals surface area contributed by atoms with E-state index >= 15 is 0 Å². The molecule has 0 aliphatic heterocycles. The summed E-state index contributed by atoms with van der Waals surface area (Å²) in [6.07, 6.45) is -4.91. The van der Waals surface area contributed by atoms with Crippen molar-refractivity contribution in [2.24, 2.45) is 0 Å². The first-order chi connectivity index (χ1) is 22.3. The topological polar surface area (TPSA) is 152 Å². The first kappa shape index (κ1) is 34.5. The highest BCUT2D eigenvalue weighted by Gasteiger charge is 2.34. The summed E-state index contributed by atoms with van der Waals surface area (Å²) in [6.45, 7) is 0.430. The van der Waals surface area contributed by atoms with Gasteiger partial charge in [0.05, 0.1) is 50.8 Å². The van der Waals surface area contributed by atoms with E-state index in [0.717, 1.165) is 11.1 Å². The van der Waals surface area contributed by atoms with E-state index in [4.69, 9.17) is 18.9 Å². The number of carboxylic acids is 2. The molecule has 10 nitrogen and oxygen atoms in total. The Morgan fingerprint density at radius 3 is 1.13 bits per heavy atom. The number of carbonyl (C=O) groups is 2. The van der Waals surface area contributed by atoms with Gasteiger partial charge in [-0.25, -0.2) is 9.59 Å². The second kappa shape index (κ2) is 17.9. The molecular formula is C36H38O10. The molecule has 0 fully saturated rings. The van der Waals surface area contributed by atoms with E-state index in [9.17, 15) is 30.0 Å². The van der Waals surface area contributed by atoms with Gasteiger partial charge in [0.15, 0.2) is 0 Å².